The van der Waals surface area contributed by atoms with Crippen LogP contribution in [-0.2, 0) is 11.5 Å². The Balaban J connectivity index is 2.47. The second-order valence-electron chi connectivity index (χ2n) is 4.35. The zero-order valence-electron chi connectivity index (χ0n) is 10.9. The fourth-order valence-electron chi connectivity index (χ4n) is 1.71. The molecule has 0 N–H and O–H groups in total. The van der Waals surface area contributed by atoms with Gasteiger partial charge in [0.2, 0.25) is 0 Å². The summed E-state index contributed by atoms with van der Waals surface area (Å²) < 4.78 is 44.0. The molecule has 0 saturated heterocycles. The highest BCUT2D eigenvalue weighted by Crippen LogP contribution is 2.47. The topological polar surface area (TPSA) is 9.23 Å². The van der Waals surface area contributed by atoms with Crippen LogP contribution in [0.4, 0.5) is 13.2 Å². The van der Waals surface area contributed by atoms with E-state index in [-0.39, 0.29) is 10.8 Å². The minimum Gasteiger partial charge on any atom is -0.454 e. The van der Waals surface area contributed by atoms with Crippen molar-refractivity contribution in [2.75, 3.05) is 0 Å². The van der Waals surface area contributed by atoms with Crippen molar-refractivity contribution in [3.05, 3.63) is 55.5 Å². The Kier molecular flexibility index (Phi) is 6.01. The summed E-state index contributed by atoms with van der Waals surface area (Å²) in [5.74, 6) is 0.151. The predicted molar refractivity (Wildman–Crippen MR) is 90.6 cm³/mol. The van der Waals surface area contributed by atoms with Gasteiger partial charge in [-0.3, -0.25) is 0 Å². The van der Waals surface area contributed by atoms with Gasteiger partial charge in [-0.15, -0.1) is 0 Å². The normalized spacial score (nSPS) is 11.7. The summed E-state index contributed by atoms with van der Waals surface area (Å²) in [7, 11) is 0. The second kappa shape index (κ2) is 7.28. The van der Waals surface area contributed by atoms with Crippen LogP contribution in [0.5, 0.6) is 11.5 Å². The van der Waals surface area contributed by atoms with E-state index in [0.29, 0.717) is 22.2 Å². The molecule has 0 fully saturated rings. The number of hydrogen-bond acceptors (Lipinski definition) is 1. The number of alkyl halides is 4. The molecular weight excluding hydrogens is 463 g/mol. The van der Waals surface area contributed by atoms with Gasteiger partial charge in [0.1, 0.15) is 10.8 Å². The molecule has 2 rings (SSSR count). The van der Waals surface area contributed by atoms with Crippen LogP contribution in [0.3, 0.4) is 0 Å². The molecule has 0 aliphatic heterocycles. The van der Waals surface area contributed by atoms with E-state index >= 15 is 0 Å². The minimum atomic E-state index is -4.67. The van der Waals surface area contributed by atoms with Crippen LogP contribution in [0.2, 0.25) is 20.1 Å². The van der Waals surface area contributed by atoms with Crippen LogP contribution < -0.4 is 4.74 Å². The average Bonchev–Trinajstić information content (AvgIpc) is 2.47. The van der Waals surface area contributed by atoms with Gasteiger partial charge in [0, 0.05) is 10.4 Å². The lowest BCUT2D eigenvalue weighted by Crippen LogP contribution is -2.06. The van der Waals surface area contributed by atoms with Crippen LogP contribution >= 0.6 is 62.3 Å². The summed E-state index contributed by atoms with van der Waals surface area (Å²) >= 11 is 26.7. The highest BCUT2D eigenvalue weighted by atomic mass is 79.9. The summed E-state index contributed by atoms with van der Waals surface area (Å²) in [6.07, 6.45) is -4.67. The molecule has 9 heteroatoms. The third-order valence-electron chi connectivity index (χ3n) is 2.80. The molecule has 0 atom stereocenters. The summed E-state index contributed by atoms with van der Waals surface area (Å²) in [6.45, 7) is 0. The van der Waals surface area contributed by atoms with E-state index in [1.54, 1.807) is 12.1 Å². The Morgan fingerprint density at radius 3 is 2.17 bits per heavy atom. The van der Waals surface area contributed by atoms with Crippen molar-refractivity contribution < 1.29 is 17.9 Å². The third-order valence-corrected chi connectivity index (χ3v) is 4.91. The fraction of sp³-hybridized carbons (Fsp3) is 0.143. The van der Waals surface area contributed by atoms with Crippen LogP contribution in [0.25, 0.3) is 0 Å². The lowest BCUT2D eigenvalue weighted by Gasteiger charge is -2.16. The minimum absolute atomic E-state index is 0.158. The van der Waals surface area contributed by atoms with Crippen LogP contribution in [-0.4, -0.2) is 0 Å². The fourth-order valence-corrected chi connectivity index (χ4v) is 3.30. The van der Waals surface area contributed by atoms with E-state index < -0.39 is 21.8 Å². The van der Waals surface area contributed by atoms with Crippen molar-refractivity contribution in [2.24, 2.45) is 0 Å². The molecule has 23 heavy (non-hydrogen) atoms. The highest BCUT2D eigenvalue weighted by Gasteiger charge is 2.36. The first-order valence-electron chi connectivity index (χ1n) is 5.92. The van der Waals surface area contributed by atoms with E-state index in [9.17, 15) is 13.2 Å². The van der Waals surface area contributed by atoms with Crippen LogP contribution in [0, 0.1) is 0 Å². The predicted octanol–water partition coefficient (Wildman–Crippen LogP) is 8.01. The third kappa shape index (κ3) is 4.20. The maximum atomic E-state index is 12.8. The lowest BCUT2D eigenvalue weighted by atomic mass is 10.2. The molecule has 0 saturated carbocycles. The van der Waals surface area contributed by atoms with Crippen LogP contribution in [0.15, 0.2) is 24.3 Å². The van der Waals surface area contributed by atoms with Crippen molar-refractivity contribution >= 4 is 62.3 Å². The quantitative estimate of drug-likeness (QED) is 0.327. The number of hydrogen-bond donors (Lipinski definition) is 0. The lowest BCUT2D eigenvalue weighted by molar-refractivity contribution is -0.137. The smallest absolute Gasteiger partial charge is 0.417 e. The number of rotatable bonds is 3. The molecule has 0 aliphatic rings. The van der Waals surface area contributed by atoms with Crippen molar-refractivity contribution in [1.82, 2.24) is 0 Å². The SMILES string of the molecule is FC(F)(F)c1cc(Cl)c(Oc2ccc(Cl)c(CBr)c2)c(Cl)c1Cl. The van der Waals surface area contributed by atoms with E-state index in [2.05, 4.69) is 15.9 Å². The van der Waals surface area contributed by atoms with Gasteiger partial charge in [0.15, 0.2) is 5.75 Å². The molecule has 0 spiro atoms. The standard InChI is InChI=1S/C14H6BrCl4F3O/c15-5-6-3-7(1-2-9(6)16)23-13-10(17)4-8(14(20,21)22)11(18)12(13)19/h1-4H,5H2. The Morgan fingerprint density at radius 1 is 0.957 bits per heavy atom. The first kappa shape index (κ1) is 19.0. The Bertz CT molecular complexity index is 750. The zero-order valence-corrected chi connectivity index (χ0v) is 15.6. The molecule has 2 aromatic carbocycles. The second-order valence-corrected chi connectivity index (χ2v) is 6.48. The molecule has 0 heterocycles. The van der Waals surface area contributed by atoms with E-state index in [0.717, 1.165) is 5.56 Å². The van der Waals surface area contributed by atoms with E-state index in [1.807, 2.05) is 0 Å². The van der Waals surface area contributed by atoms with Gasteiger partial charge in [-0.1, -0.05) is 62.3 Å². The molecule has 0 aliphatic carbocycles. The van der Waals surface area contributed by atoms with Crippen molar-refractivity contribution in [1.29, 1.82) is 0 Å². The van der Waals surface area contributed by atoms with Gasteiger partial charge < -0.3 is 4.74 Å². The molecule has 0 unspecified atom stereocenters. The molecule has 0 radical (unpaired) electrons. The molecule has 2 aromatic rings. The largest absolute Gasteiger partial charge is 0.454 e. The van der Waals surface area contributed by atoms with Crippen LogP contribution in [0.1, 0.15) is 11.1 Å². The van der Waals surface area contributed by atoms with Gasteiger partial charge in [-0.25, -0.2) is 0 Å². The summed E-state index contributed by atoms with van der Waals surface area (Å²) in [6, 6.07) is 5.40. The Hall–Kier alpha value is -0.330. The van der Waals surface area contributed by atoms with Gasteiger partial charge in [0.05, 0.1) is 15.6 Å². The van der Waals surface area contributed by atoms with Gasteiger partial charge in [-0.05, 0) is 29.8 Å². The monoisotopic (exact) mass is 466 g/mol. The molecule has 0 bridgehead atoms. The van der Waals surface area contributed by atoms with E-state index in [4.69, 9.17) is 51.1 Å². The van der Waals surface area contributed by atoms with E-state index in [1.165, 1.54) is 6.07 Å². The first-order valence-corrected chi connectivity index (χ1v) is 8.55. The Morgan fingerprint density at radius 2 is 1.61 bits per heavy atom. The number of halogens is 8. The summed E-state index contributed by atoms with van der Waals surface area (Å²) in [4.78, 5) is 0. The maximum absolute atomic E-state index is 12.8. The average molecular weight is 469 g/mol. The van der Waals surface area contributed by atoms with Crippen molar-refractivity contribution in [3.8, 4) is 11.5 Å². The summed E-state index contributed by atoms with van der Waals surface area (Å²) in [5, 5.41) is -0.410. The van der Waals surface area contributed by atoms with Gasteiger partial charge >= 0.3 is 6.18 Å². The number of ether oxygens (including phenoxy) is 1. The van der Waals surface area contributed by atoms with Gasteiger partial charge in [-0.2, -0.15) is 13.2 Å². The first-order chi connectivity index (χ1) is 10.6. The highest BCUT2D eigenvalue weighted by molar-refractivity contribution is 9.08. The molecular formula is C14H6BrCl4F3O. The van der Waals surface area contributed by atoms with Crippen molar-refractivity contribution in [3.63, 3.8) is 0 Å². The maximum Gasteiger partial charge on any atom is 0.417 e. The molecule has 0 aromatic heterocycles. The summed E-state index contributed by atoms with van der Waals surface area (Å²) in [5.41, 5.74) is -0.395. The van der Waals surface area contributed by atoms with Gasteiger partial charge in [0.25, 0.3) is 0 Å². The van der Waals surface area contributed by atoms with Crippen molar-refractivity contribution in [2.45, 2.75) is 11.5 Å². The Labute approximate surface area is 158 Å². The molecule has 0 amide bonds. The zero-order chi connectivity index (χ0) is 17.4. The molecule has 124 valence electrons. The molecule has 1 nitrogen and oxygen atoms in total. The number of benzene rings is 2.